The molecule has 0 aromatic heterocycles. The second-order valence-corrected chi connectivity index (χ2v) is 5.98. The number of ether oxygens (including phenoxy) is 1. The Hall–Kier alpha value is -2.89. The Morgan fingerprint density at radius 2 is 1.76 bits per heavy atom. The highest BCUT2D eigenvalue weighted by Crippen LogP contribution is 2.40. The molecule has 2 aromatic rings. The maximum absolute atomic E-state index is 12.9. The summed E-state index contributed by atoms with van der Waals surface area (Å²) in [6.45, 7) is 0.316. The minimum absolute atomic E-state index is 0.162. The molecule has 0 bridgehead atoms. The zero-order chi connectivity index (χ0) is 17.8. The highest BCUT2D eigenvalue weighted by atomic mass is 19.1. The predicted octanol–water partition coefficient (Wildman–Crippen LogP) is 2.73. The summed E-state index contributed by atoms with van der Waals surface area (Å²) in [4.78, 5) is 24.4. The van der Waals surface area contributed by atoms with Gasteiger partial charge in [-0.3, -0.25) is 9.59 Å². The number of amides is 2. The van der Waals surface area contributed by atoms with Gasteiger partial charge in [-0.25, -0.2) is 4.39 Å². The van der Waals surface area contributed by atoms with Crippen molar-refractivity contribution in [3.63, 3.8) is 0 Å². The molecule has 2 aromatic carbocycles. The number of methoxy groups -OCH3 is 1. The number of para-hydroxylation sites is 2. The molecule has 0 heterocycles. The Labute approximate surface area is 145 Å². The molecule has 0 spiro atoms. The standard InChI is InChI=1S/C19H19FN2O3/c1-25-17-5-3-2-4-16(17)22-19(24)15-10-14(15)18(23)21-11-12-6-8-13(20)9-7-12/h2-9,14-15H,10-11H2,1H3,(H,21,23)(H,22,24). The van der Waals surface area contributed by atoms with E-state index in [0.717, 1.165) is 5.56 Å². The topological polar surface area (TPSA) is 67.4 Å². The van der Waals surface area contributed by atoms with E-state index in [2.05, 4.69) is 10.6 Å². The number of nitrogens with one attached hydrogen (secondary N) is 2. The van der Waals surface area contributed by atoms with E-state index in [0.29, 0.717) is 24.4 Å². The smallest absolute Gasteiger partial charge is 0.228 e. The molecule has 3 rings (SSSR count). The second kappa shape index (κ2) is 7.34. The third-order valence-electron chi connectivity index (χ3n) is 4.21. The lowest BCUT2D eigenvalue weighted by molar-refractivity contribution is -0.125. The van der Waals surface area contributed by atoms with E-state index >= 15 is 0 Å². The van der Waals surface area contributed by atoms with E-state index in [1.807, 2.05) is 6.07 Å². The molecule has 130 valence electrons. The number of benzene rings is 2. The van der Waals surface area contributed by atoms with Crippen LogP contribution in [0.3, 0.4) is 0 Å². The van der Waals surface area contributed by atoms with Gasteiger partial charge in [0, 0.05) is 6.54 Å². The van der Waals surface area contributed by atoms with Crippen LogP contribution in [0.5, 0.6) is 5.75 Å². The van der Waals surface area contributed by atoms with Crippen LogP contribution in [0.25, 0.3) is 0 Å². The zero-order valence-corrected chi connectivity index (χ0v) is 13.8. The summed E-state index contributed by atoms with van der Waals surface area (Å²) in [5.41, 5.74) is 1.40. The summed E-state index contributed by atoms with van der Waals surface area (Å²) >= 11 is 0. The lowest BCUT2D eigenvalue weighted by Crippen LogP contribution is -2.27. The number of anilines is 1. The van der Waals surface area contributed by atoms with Gasteiger partial charge in [0.05, 0.1) is 24.6 Å². The Bertz CT molecular complexity index is 776. The molecular weight excluding hydrogens is 323 g/mol. The minimum Gasteiger partial charge on any atom is -0.495 e. The summed E-state index contributed by atoms with van der Waals surface area (Å²) in [5.74, 6) is -0.747. The van der Waals surface area contributed by atoms with Gasteiger partial charge in [-0.05, 0) is 36.2 Å². The van der Waals surface area contributed by atoms with Crippen LogP contribution in [-0.4, -0.2) is 18.9 Å². The number of hydrogen-bond acceptors (Lipinski definition) is 3. The fourth-order valence-corrected chi connectivity index (χ4v) is 2.67. The minimum atomic E-state index is -0.335. The van der Waals surface area contributed by atoms with Crippen LogP contribution in [0.1, 0.15) is 12.0 Å². The van der Waals surface area contributed by atoms with Crippen LogP contribution in [0.2, 0.25) is 0 Å². The lowest BCUT2D eigenvalue weighted by Gasteiger charge is -2.09. The molecular formula is C19H19FN2O3. The first-order valence-corrected chi connectivity index (χ1v) is 8.04. The van der Waals surface area contributed by atoms with Gasteiger partial charge in [-0.15, -0.1) is 0 Å². The van der Waals surface area contributed by atoms with Crippen molar-refractivity contribution in [3.8, 4) is 5.75 Å². The largest absolute Gasteiger partial charge is 0.495 e. The molecule has 1 saturated carbocycles. The Morgan fingerprint density at radius 1 is 1.08 bits per heavy atom. The van der Waals surface area contributed by atoms with E-state index in [4.69, 9.17) is 4.74 Å². The third-order valence-corrected chi connectivity index (χ3v) is 4.21. The first-order chi connectivity index (χ1) is 12.1. The summed E-state index contributed by atoms with van der Waals surface area (Å²) in [6.07, 6.45) is 0.524. The molecule has 0 radical (unpaired) electrons. The van der Waals surface area contributed by atoms with Crippen molar-refractivity contribution < 1.29 is 18.7 Å². The van der Waals surface area contributed by atoms with Crippen LogP contribution >= 0.6 is 0 Å². The molecule has 1 aliphatic rings. The van der Waals surface area contributed by atoms with Crippen molar-refractivity contribution in [2.24, 2.45) is 11.8 Å². The van der Waals surface area contributed by atoms with Gasteiger partial charge in [0.1, 0.15) is 11.6 Å². The van der Waals surface area contributed by atoms with Crippen molar-refractivity contribution in [1.82, 2.24) is 5.32 Å². The number of carbonyl (C=O) groups excluding carboxylic acids is 2. The Kier molecular flexibility index (Phi) is 4.97. The number of hydrogen-bond donors (Lipinski definition) is 2. The van der Waals surface area contributed by atoms with E-state index < -0.39 is 0 Å². The summed E-state index contributed by atoms with van der Waals surface area (Å²) in [6, 6.07) is 13.1. The molecule has 1 fully saturated rings. The molecule has 0 saturated heterocycles. The molecule has 2 atom stereocenters. The summed E-state index contributed by atoms with van der Waals surface area (Å²) < 4.78 is 18.1. The van der Waals surface area contributed by atoms with E-state index in [-0.39, 0.29) is 29.5 Å². The first kappa shape index (κ1) is 17.0. The van der Waals surface area contributed by atoms with Gasteiger partial charge in [-0.1, -0.05) is 24.3 Å². The molecule has 2 N–H and O–H groups in total. The van der Waals surface area contributed by atoms with E-state index in [1.165, 1.54) is 19.2 Å². The monoisotopic (exact) mass is 342 g/mol. The predicted molar refractivity (Wildman–Crippen MR) is 91.5 cm³/mol. The van der Waals surface area contributed by atoms with Crippen LogP contribution in [0.4, 0.5) is 10.1 Å². The van der Waals surface area contributed by atoms with Crippen molar-refractivity contribution >= 4 is 17.5 Å². The molecule has 5 nitrogen and oxygen atoms in total. The first-order valence-electron chi connectivity index (χ1n) is 8.04. The molecule has 1 aliphatic carbocycles. The van der Waals surface area contributed by atoms with Crippen molar-refractivity contribution in [2.45, 2.75) is 13.0 Å². The van der Waals surface area contributed by atoms with Crippen molar-refractivity contribution in [3.05, 3.63) is 59.9 Å². The van der Waals surface area contributed by atoms with Gasteiger partial charge >= 0.3 is 0 Å². The fraction of sp³-hybridized carbons (Fsp3) is 0.263. The molecule has 0 aliphatic heterocycles. The highest BCUT2D eigenvalue weighted by molar-refractivity contribution is 6.00. The Morgan fingerprint density at radius 3 is 2.48 bits per heavy atom. The number of halogens is 1. The SMILES string of the molecule is COc1ccccc1NC(=O)C1CC1C(=O)NCc1ccc(F)cc1. The van der Waals surface area contributed by atoms with Crippen molar-refractivity contribution in [1.29, 1.82) is 0 Å². The maximum atomic E-state index is 12.9. The normalized spacial score (nSPS) is 18.3. The third kappa shape index (κ3) is 4.15. The van der Waals surface area contributed by atoms with Gasteiger partial charge in [0.2, 0.25) is 11.8 Å². The fourth-order valence-electron chi connectivity index (χ4n) is 2.67. The molecule has 2 amide bonds. The number of carbonyl (C=O) groups is 2. The van der Waals surface area contributed by atoms with Gasteiger partial charge < -0.3 is 15.4 Å². The Balaban J connectivity index is 1.50. The average molecular weight is 342 g/mol. The van der Waals surface area contributed by atoms with E-state index in [9.17, 15) is 14.0 Å². The van der Waals surface area contributed by atoms with Crippen LogP contribution in [0.15, 0.2) is 48.5 Å². The van der Waals surface area contributed by atoms with E-state index in [1.54, 1.807) is 30.3 Å². The summed E-state index contributed by atoms with van der Waals surface area (Å²) in [7, 11) is 1.54. The van der Waals surface area contributed by atoms with Crippen LogP contribution in [-0.2, 0) is 16.1 Å². The molecule has 6 heteroatoms. The van der Waals surface area contributed by atoms with Crippen LogP contribution in [0, 0.1) is 17.7 Å². The van der Waals surface area contributed by atoms with Crippen molar-refractivity contribution in [2.75, 3.05) is 12.4 Å². The highest BCUT2D eigenvalue weighted by Gasteiger charge is 2.48. The summed E-state index contributed by atoms with van der Waals surface area (Å²) in [5, 5.41) is 5.59. The quantitative estimate of drug-likeness (QED) is 0.848. The van der Waals surface area contributed by atoms with Crippen LogP contribution < -0.4 is 15.4 Å². The number of rotatable bonds is 6. The second-order valence-electron chi connectivity index (χ2n) is 5.98. The molecule has 2 unspecified atom stereocenters. The molecule has 25 heavy (non-hydrogen) atoms. The van der Waals surface area contributed by atoms with Gasteiger partial charge in [0.15, 0.2) is 0 Å². The average Bonchev–Trinajstić information content (AvgIpc) is 3.42. The lowest BCUT2D eigenvalue weighted by atomic mass is 10.2. The zero-order valence-electron chi connectivity index (χ0n) is 13.8. The maximum Gasteiger partial charge on any atom is 0.228 e. The van der Waals surface area contributed by atoms with Gasteiger partial charge in [0.25, 0.3) is 0 Å². The van der Waals surface area contributed by atoms with Gasteiger partial charge in [-0.2, -0.15) is 0 Å².